The van der Waals surface area contributed by atoms with Crippen molar-refractivity contribution in [2.45, 2.75) is 51.3 Å². The molecule has 0 bridgehead atoms. The number of nitrogens with one attached hydrogen (secondary N) is 2. The fourth-order valence-electron chi connectivity index (χ4n) is 3.16. The molecule has 0 spiro atoms. The van der Waals surface area contributed by atoms with Crippen molar-refractivity contribution in [3.05, 3.63) is 35.4 Å². The Hall–Kier alpha value is -1.25. The lowest BCUT2D eigenvalue weighted by Gasteiger charge is -2.36. The first-order valence-electron chi connectivity index (χ1n) is 9.85. The molecule has 0 saturated carbocycles. The van der Waals surface area contributed by atoms with Gasteiger partial charge in [0.25, 0.3) is 0 Å². The topological polar surface area (TPSA) is 73.8 Å². The average molecular weight is 427 g/mol. The van der Waals surface area contributed by atoms with Crippen LogP contribution in [0.3, 0.4) is 0 Å². The molecule has 2 rings (SSSR count). The van der Waals surface area contributed by atoms with Crippen LogP contribution in [0.15, 0.2) is 29.3 Å². The van der Waals surface area contributed by atoms with E-state index in [1.807, 2.05) is 56.9 Å². The van der Waals surface area contributed by atoms with Crippen molar-refractivity contribution in [2.24, 2.45) is 10.9 Å². The summed E-state index contributed by atoms with van der Waals surface area (Å²) in [7, 11) is -1.47. The fraction of sp³-hybridized carbons (Fsp3) is 0.650. The molecule has 28 heavy (non-hydrogen) atoms. The molecule has 1 aromatic rings. The second kappa shape index (κ2) is 10.5. The second-order valence-corrected chi connectivity index (χ2v) is 10.9. The Kier molecular flexibility index (Phi) is 8.64. The smallest absolute Gasteiger partial charge is 0.216 e. The van der Waals surface area contributed by atoms with Gasteiger partial charge < -0.3 is 10.2 Å². The number of aliphatic imine (C=N–C) groups is 1. The van der Waals surface area contributed by atoms with Crippen LogP contribution in [0.25, 0.3) is 0 Å². The number of hydrogen-bond acceptors (Lipinski definition) is 4. The Morgan fingerprint density at radius 2 is 1.86 bits per heavy atom. The Morgan fingerprint density at radius 1 is 1.21 bits per heavy atom. The summed E-state index contributed by atoms with van der Waals surface area (Å²) in [6.07, 6.45) is 0. The van der Waals surface area contributed by atoms with E-state index < -0.39 is 10.0 Å². The zero-order valence-corrected chi connectivity index (χ0v) is 19.2. The van der Waals surface area contributed by atoms with Crippen LogP contribution >= 0.6 is 11.8 Å². The summed E-state index contributed by atoms with van der Waals surface area (Å²) in [4.78, 5) is 6.78. The fourth-order valence-corrected chi connectivity index (χ4v) is 5.89. The SMILES string of the molecule is CN=C(NCc1ccc(CS(=O)(=O)NC(C)C)cc1)N1CCSC(C(C)C)C1. The van der Waals surface area contributed by atoms with Gasteiger partial charge in [0.1, 0.15) is 0 Å². The number of thioether (sulfide) groups is 1. The number of guanidine groups is 1. The minimum Gasteiger partial charge on any atom is -0.352 e. The highest BCUT2D eigenvalue weighted by atomic mass is 32.2. The quantitative estimate of drug-likeness (QED) is 0.518. The minimum absolute atomic E-state index is 0.00257. The Morgan fingerprint density at radius 3 is 2.43 bits per heavy atom. The number of benzene rings is 1. The highest BCUT2D eigenvalue weighted by Gasteiger charge is 2.24. The summed E-state index contributed by atoms with van der Waals surface area (Å²) in [6, 6.07) is 7.62. The van der Waals surface area contributed by atoms with Crippen molar-refractivity contribution in [3.8, 4) is 0 Å². The molecule has 1 unspecified atom stereocenters. The van der Waals surface area contributed by atoms with Crippen molar-refractivity contribution in [1.82, 2.24) is 14.9 Å². The standard InChI is InChI=1S/C20H34N4O2S2/c1-15(2)19-13-24(10-11-27-19)20(21-5)22-12-17-6-8-18(9-7-17)14-28(25,26)23-16(3)4/h6-9,15-16,19,23H,10-14H2,1-5H3,(H,21,22). The lowest BCUT2D eigenvalue weighted by atomic mass is 10.1. The maximum absolute atomic E-state index is 12.1. The van der Waals surface area contributed by atoms with E-state index in [-0.39, 0.29) is 11.8 Å². The van der Waals surface area contributed by atoms with Gasteiger partial charge in [-0.25, -0.2) is 13.1 Å². The van der Waals surface area contributed by atoms with Gasteiger partial charge in [-0.15, -0.1) is 0 Å². The molecular weight excluding hydrogens is 392 g/mol. The lowest BCUT2D eigenvalue weighted by Crippen LogP contribution is -2.48. The monoisotopic (exact) mass is 426 g/mol. The Labute approximate surface area is 174 Å². The first-order valence-corrected chi connectivity index (χ1v) is 12.6. The second-order valence-electron chi connectivity index (χ2n) is 7.85. The predicted octanol–water partition coefficient (Wildman–Crippen LogP) is 2.66. The van der Waals surface area contributed by atoms with Crippen LogP contribution in [0.1, 0.15) is 38.8 Å². The summed E-state index contributed by atoms with van der Waals surface area (Å²) >= 11 is 2.05. The Bertz CT molecular complexity index is 746. The van der Waals surface area contributed by atoms with E-state index in [1.54, 1.807) is 0 Å². The number of hydrogen-bond donors (Lipinski definition) is 2. The molecule has 0 amide bonds. The Balaban J connectivity index is 1.91. The first kappa shape index (κ1) is 23.0. The van der Waals surface area contributed by atoms with Gasteiger partial charge in [0.05, 0.1) is 5.75 Å². The molecule has 1 aromatic carbocycles. The van der Waals surface area contributed by atoms with Crippen LogP contribution in [0.4, 0.5) is 0 Å². The van der Waals surface area contributed by atoms with E-state index in [0.717, 1.165) is 35.9 Å². The van der Waals surface area contributed by atoms with E-state index in [1.165, 1.54) is 0 Å². The van der Waals surface area contributed by atoms with Crippen molar-refractivity contribution in [2.75, 3.05) is 25.9 Å². The molecule has 0 aliphatic carbocycles. The summed E-state index contributed by atoms with van der Waals surface area (Å²) in [5, 5.41) is 4.08. The maximum Gasteiger partial charge on any atom is 0.216 e. The molecule has 1 fully saturated rings. The van der Waals surface area contributed by atoms with E-state index in [4.69, 9.17) is 0 Å². The largest absolute Gasteiger partial charge is 0.352 e. The minimum atomic E-state index is -3.30. The zero-order chi connectivity index (χ0) is 20.7. The van der Waals surface area contributed by atoms with Crippen molar-refractivity contribution in [1.29, 1.82) is 0 Å². The average Bonchev–Trinajstić information content (AvgIpc) is 2.62. The summed E-state index contributed by atoms with van der Waals surface area (Å²) in [6.45, 7) is 10.9. The van der Waals surface area contributed by atoms with Gasteiger partial charge in [0.15, 0.2) is 5.96 Å². The molecule has 8 heteroatoms. The molecule has 2 N–H and O–H groups in total. The van der Waals surface area contributed by atoms with Crippen molar-refractivity contribution >= 4 is 27.7 Å². The summed E-state index contributed by atoms with van der Waals surface area (Å²) in [5.74, 6) is 2.71. The molecular formula is C20H34N4O2S2. The zero-order valence-electron chi connectivity index (χ0n) is 17.6. The van der Waals surface area contributed by atoms with Gasteiger partial charge in [-0.1, -0.05) is 38.1 Å². The molecule has 1 saturated heterocycles. The molecule has 1 atom stereocenters. The van der Waals surface area contributed by atoms with Gasteiger partial charge in [0, 0.05) is 43.7 Å². The first-order chi connectivity index (χ1) is 13.2. The number of sulfonamides is 1. The third-order valence-corrected chi connectivity index (χ3v) is 7.68. The summed E-state index contributed by atoms with van der Waals surface area (Å²) < 4.78 is 26.7. The lowest BCUT2D eigenvalue weighted by molar-refractivity contribution is 0.380. The highest BCUT2D eigenvalue weighted by molar-refractivity contribution is 8.00. The van der Waals surface area contributed by atoms with Crippen LogP contribution in [0.5, 0.6) is 0 Å². The van der Waals surface area contributed by atoms with Crippen LogP contribution < -0.4 is 10.0 Å². The highest BCUT2D eigenvalue weighted by Crippen LogP contribution is 2.24. The van der Waals surface area contributed by atoms with E-state index in [0.29, 0.717) is 17.7 Å². The van der Waals surface area contributed by atoms with Gasteiger partial charge >= 0.3 is 0 Å². The molecule has 0 radical (unpaired) electrons. The predicted molar refractivity (Wildman–Crippen MR) is 120 cm³/mol. The van der Waals surface area contributed by atoms with Crippen LogP contribution in [0, 0.1) is 5.92 Å². The van der Waals surface area contributed by atoms with Crippen LogP contribution in [0.2, 0.25) is 0 Å². The van der Waals surface area contributed by atoms with E-state index >= 15 is 0 Å². The number of nitrogens with zero attached hydrogens (tertiary/aromatic N) is 2. The summed E-state index contributed by atoms with van der Waals surface area (Å²) in [5.41, 5.74) is 1.89. The molecule has 1 aliphatic rings. The third kappa shape index (κ3) is 7.29. The third-order valence-electron chi connectivity index (χ3n) is 4.59. The maximum atomic E-state index is 12.1. The van der Waals surface area contributed by atoms with Gasteiger partial charge in [-0.2, -0.15) is 11.8 Å². The van der Waals surface area contributed by atoms with Crippen LogP contribution in [-0.2, 0) is 22.3 Å². The normalized spacial score (nSPS) is 18.8. The molecule has 1 aliphatic heterocycles. The number of rotatable bonds is 7. The molecule has 158 valence electrons. The molecule has 0 aromatic heterocycles. The van der Waals surface area contributed by atoms with E-state index in [9.17, 15) is 8.42 Å². The van der Waals surface area contributed by atoms with Crippen molar-refractivity contribution in [3.63, 3.8) is 0 Å². The molecule has 6 nitrogen and oxygen atoms in total. The molecule has 1 heterocycles. The van der Waals surface area contributed by atoms with Gasteiger partial charge in [0.2, 0.25) is 10.0 Å². The van der Waals surface area contributed by atoms with Gasteiger partial charge in [-0.05, 0) is 30.9 Å². The van der Waals surface area contributed by atoms with E-state index in [2.05, 4.69) is 33.8 Å². The van der Waals surface area contributed by atoms with Gasteiger partial charge in [-0.3, -0.25) is 4.99 Å². The van der Waals surface area contributed by atoms with Crippen molar-refractivity contribution < 1.29 is 8.42 Å². The van der Waals surface area contributed by atoms with Crippen LogP contribution in [-0.4, -0.2) is 56.5 Å².